The van der Waals surface area contributed by atoms with Crippen molar-refractivity contribution in [1.29, 1.82) is 0 Å². The van der Waals surface area contributed by atoms with Crippen LogP contribution in [0.1, 0.15) is 16.7 Å². The highest BCUT2D eigenvalue weighted by Crippen LogP contribution is 2.29. The van der Waals surface area contributed by atoms with Crippen LogP contribution in [-0.4, -0.2) is 13.1 Å². The molecular weight excluding hydrogens is 367 g/mol. The van der Waals surface area contributed by atoms with Crippen LogP contribution in [0.5, 0.6) is 5.75 Å². The monoisotopic (exact) mass is 385 g/mol. The van der Waals surface area contributed by atoms with Crippen LogP contribution in [0.25, 0.3) is 0 Å². The number of hydrogen-bond donors (Lipinski definition) is 0. The Balaban J connectivity index is 1.61. The minimum Gasteiger partial charge on any atom is -0.410 e. The summed E-state index contributed by atoms with van der Waals surface area (Å²) >= 11 is 0. The molecule has 0 aromatic heterocycles. The number of carbonyl (C=O) groups is 1. The lowest BCUT2D eigenvalue weighted by Gasteiger charge is -2.16. The summed E-state index contributed by atoms with van der Waals surface area (Å²) in [6, 6.07) is 21.1. The quantitative estimate of drug-likeness (QED) is 0.557. The summed E-state index contributed by atoms with van der Waals surface area (Å²) < 4.78 is 43.2. The van der Waals surface area contributed by atoms with Crippen molar-refractivity contribution < 1.29 is 22.7 Å². The van der Waals surface area contributed by atoms with Crippen LogP contribution in [0.3, 0.4) is 0 Å². The number of carbonyl (C=O) groups excluding carboxylic acids is 1. The van der Waals surface area contributed by atoms with Gasteiger partial charge in [-0.1, -0.05) is 42.5 Å². The van der Waals surface area contributed by atoms with E-state index in [-0.39, 0.29) is 0 Å². The van der Waals surface area contributed by atoms with Gasteiger partial charge in [-0.15, -0.1) is 0 Å². The fourth-order valence-corrected chi connectivity index (χ4v) is 2.65. The second-order valence-corrected chi connectivity index (χ2v) is 6.28. The van der Waals surface area contributed by atoms with Gasteiger partial charge in [-0.05, 0) is 53.9 Å². The zero-order valence-electron chi connectivity index (χ0n) is 15.1. The summed E-state index contributed by atoms with van der Waals surface area (Å²) in [5.41, 5.74) is 1.71. The van der Waals surface area contributed by atoms with Crippen molar-refractivity contribution >= 4 is 11.8 Å². The molecule has 0 fully saturated rings. The molecular formula is C22H18F3NO2. The molecule has 6 heteroatoms. The number of para-hydroxylation sites is 1. The molecule has 0 atom stereocenters. The van der Waals surface area contributed by atoms with Crippen LogP contribution >= 0.6 is 0 Å². The predicted molar refractivity (Wildman–Crippen MR) is 102 cm³/mol. The Bertz CT molecular complexity index is 921. The number of anilines is 1. The molecule has 1 amide bonds. The van der Waals surface area contributed by atoms with Gasteiger partial charge in [-0.3, -0.25) is 4.90 Å². The molecule has 0 aliphatic carbocycles. The van der Waals surface area contributed by atoms with Crippen LogP contribution in [-0.2, 0) is 12.6 Å². The molecule has 0 saturated heterocycles. The van der Waals surface area contributed by atoms with E-state index in [1.165, 1.54) is 17.0 Å². The van der Waals surface area contributed by atoms with Crippen LogP contribution < -0.4 is 9.64 Å². The highest BCUT2D eigenvalue weighted by atomic mass is 19.4. The largest absolute Gasteiger partial charge is 0.419 e. The number of nitrogens with zero attached hydrogens (tertiary/aromatic N) is 1. The average molecular weight is 385 g/mol. The van der Waals surface area contributed by atoms with Crippen molar-refractivity contribution in [2.45, 2.75) is 12.6 Å². The summed E-state index contributed by atoms with van der Waals surface area (Å²) in [5.74, 6) is 0.393. The van der Waals surface area contributed by atoms with E-state index in [1.807, 2.05) is 18.2 Å². The van der Waals surface area contributed by atoms with E-state index in [4.69, 9.17) is 4.74 Å². The SMILES string of the molecule is CN(C(=O)Oc1ccc(Cc2ccc(C(F)(F)F)cc2)cc1)c1ccccc1. The predicted octanol–water partition coefficient (Wildman–Crippen LogP) is 5.93. The van der Waals surface area contributed by atoms with E-state index >= 15 is 0 Å². The minimum absolute atomic E-state index is 0.393. The molecule has 0 heterocycles. The summed E-state index contributed by atoms with van der Waals surface area (Å²) in [4.78, 5) is 13.6. The molecule has 0 N–H and O–H groups in total. The van der Waals surface area contributed by atoms with Crippen molar-refractivity contribution in [3.05, 3.63) is 95.6 Å². The van der Waals surface area contributed by atoms with E-state index in [9.17, 15) is 18.0 Å². The fraction of sp³-hybridized carbons (Fsp3) is 0.136. The van der Waals surface area contributed by atoms with Gasteiger partial charge in [0.1, 0.15) is 5.75 Å². The van der Waals surface area contributed by atoms with Crippen LogP contribution in [0.15, 0.2) is 78.9 Å². The van der Waals surface area contributed by atoms with Crippen molar-refractivity contribution in [3.8, 4) is 5.75 Å². The molecule has 3 aromatic rings. The van der Waals surface area contributed by atoms with Gasteiger partial charge in [0, 0.05) is 12.7 Å². The summed E-state index contributed by atoms with van der Waals surface area (Å²) in [6.45, 7) is 0. The van der Waals surface area contributed by atoms with Crippen LogP contribution in [0.4, 0.5) is 23.7 Å². The van der Waals surface area contributed by atoms with E-state index < -0.39 is 17.8 Å². The highest BCUT2D eigenvalue weighted by Gasteiger charge is 2.29. The third-order valence-corrected chi connectivity index (χ3v) is 4.24. The molecule has 0 radical (unpaired) electrons. The number of benzene rings is 3. The van der Waals surface area contributed by atoms with Gasteiger partial charge in [0.15, 0.2) is 0 Å². The topological polar surface area (TPSA) is 29.5 Å². The Morgan fingerprint density at radius 2 is 1.39 bits per heavy atom. The van der Waals surface area contributed by atoms with Crippen molar-refractivity contribution in [1.82, 2.24) is 0 Å². The Morgan fingerprint density at radius 1 is 0.857 bits per heavy atom. The Labute approximate surface area is 161 Å². The lowest BCUT2D eigenvalue weighted by molar-refractivity contribution is -0.137. The molecule has 0 saturated carbocycles. The number of amides is 1. The third-order valence-electron chi connectivity index (χ3n) is 4.24. The number of hydrogen-bond acceptors (Lipinski definition) is 2. The first-order valence-electron chi connectivity index (χ1n) is 8.58. The Kier molecular flexibility index (Phi) is 5.68. The Hall–Kier alpha value is -3.28. The number of ether oxygens (including phenoxy) is 1. The molecule has 144 valence electrons. The maximum Gasteiger partial charge on any atom is 0.419 e. The van der Waals surface area contributed by atoms with Crippen molar-refractivity contribution in [3.63, 3.8) is 0 Å². The van der Waals surface area contributed by atoms with Gasteiger partial charge in [0.2, 0.25) is 0 Å². The maximum atomic E-state index is 12.6. The second-order valence-electron chi connectivity index (χ2n) is 6.28. The molecule has 3 nitrogen and oxygen atoms in total. The number of alkyl halides is 3. The van der Waals surface area contributed by atoms with Gasteiger partial charge in [-0.2, -0.15) is 13.2 Å². The lowest BCUT2D eigenvalue weighted by Crippen LogP contribution is -2.29. The standard InChI is InChI=1S/C22H18F3NO2/c1-26(19-5-3-2-4-6-19)21(27)28-20-13-9-17(10-14-20)15-16-7-11-18(12-8-16)22(23,24)25/h2-14H,15H2,1H3. The van der Waals surface area contributed by atoms with Gasteiger partial charge < -0.3 is 4.74 Å². The average Bonchev–Trinajstić information content (AvgIpc) is 2.69. The molecule has 0 aliphatic rings. The minimum atomic E-state index is -4.34. The molecule has 0 bridgehead atoms. The Morgan fingerprint density at radius 3 is 1.93 bits per heavy atom. The first kappa shape index (κ1) is 19.5. The summed E-state index contributed by atoms with van der Waals surface area (Å²) in [7, 11) is 1.62. The molecule has 3 rings (SSSR count). The molecule has 0 unspecified atom stereocenters. The first-order valence-corrected chi connectivity index (χ1v) is 8.58. The van der Waals surface area contributed by atoms with Crippen molar-refractivity contribution in [2.75, 3.05) is 11.9 Å². The molecule has 28 heavy (non-hydrogen) atoms. The third kappa shape index (κ3) is 4.91. The zero-order chi connectivity index (χ0) is 20.1. The van der Waals surface area contributed by atoms with Gasteiger partial charge in [-0.25, -0.2) is 4.79 Å². The van der Waals surface area contributed by atoms with E-state index in [2.05, 4.69) is 0 Å². The smallest absolute Gasteiger partial charge is 0.410 e. The van der Waals surface area contributed by atoms with Crippen LogP contribution in [0, 0.1) is 0 Å². The van der Waals surface area contributed by atoms with Gasteiger partial charge in [0.25, 0.3) is 0 Å². The molecule has 3 aromatic carbocycles. The molecule has 0 aliphatic heterocycles. The fourth-order valence-electron chi connectivity index (χ4n) is 2.65. The van der Waals surface area contributed by atoms with Gasteiger partial charge in [0.05, 0.1) is 5.56 Å². The summed E-state index contributed by atoms with van der Waals surface area (Å²) in [6.07, 6.45) is -4.37. The van der Waals surface area contributed by atoms with E-state index in [0.717, 1.165) is 23.3 Å². The van der Waals surface area contributed by atoms with Crippen molar-refractivity contribution in [2.24, 2.45) is 0 Å². The summed E-state index contributed by atoms with van der Waals surface area (Å²) in [5, 5.41) is 0. The van der Waals surface area contributed by atoms with E-state index in [0.29, 0.717) is 17.9 Å². The number of halogens is 3. The first-order chi connectivity index (χ1) is 13.3. The second kappa shape index (κ2) is 8.17. The zero-order valence-corrected chi connectivity index (χ0v) is 15.1. The van der Waals surface area contributed by atoms with E-state index in [1.54, 1.807) is 43.4 Å². The highest BCUT2D eigenvalue weighted by molar-refractivity contribution is 5.88. The normalized spacial score (nSPS) is 11.1. The maximum absolute atomic E-state index is 12.6. The van der Waals surface area contributed by atoms with Gasteiger partial charge >= 0.3 is 12.3 Å². The molecule has 0 spiro atoms. The number of rotatable bonds is 4. The van der Waals surface area contributed by atoms with Crippen LogP contribution in [0.2, 0.25) is 0 Å². The lowest BCUT2D eigenvalue weighted by atomic mass is 10.0.